The summed E-state index contributed by atoms with van der Waals surface area (Å²) in [5.74, 6) is 3.11. The van der Waals surface area contributed by atoms with Gasteiger partial charge in [0.05, 0.1) is 19.8 Å². The Balaban J connectivity index is 0.00000280. The van der Waals surface area contributed by atoms with Crippen LogP contribution < -0.4 is 14.8 Å². The Kier molecular flexibility index (Phi) is 8.29. The van der Waals surface area contributed by atoms with Crippen molar-refractivity contribution in [1.82, 2.24) is 20.4 Å². The summed E-state index contributed by atoms with van der Waals surface area (Å²) in [5, 5.41) is 7.49. The third kappa shape index (κ3) is 5.70. The lowest BCUT2D eigenvalue weighted by Gasteiger charge is -2.30. The van der Waals surface area contributed by atoms with E-state index in [1.165, 1.54) is 0 Å². The van der Waals surface area contributed by atoms with Crippen LogP contribution in [0.1, 0.15) is 37.2 Å². The number of nitrogens with zero attached hydrogens (tertiary/aromatic N) is 3. The zero-order valence-corrected chi connectivity index (χ0v) is 17.7. The Labute approximate surface area is 172 Å². The molecule has 1 aromatic carbocycles. The molecule has 1 saturated heterocycles. The highest BCUT2D eigenvalue weighted by Crippen LogP contribution is 2.29. The molecule has 1 aromatic heterocycles. The van der Waals surface area contributed by atoms with Gasteiger partial charge in [-0.25, -0.2) is 0 Å². The summed E-state index contributed by atoms with van der Waals surface area (Å²) in [6, 6.07) is 5.97. The number of nitrogens with one attached hydrogen (secondary N) is 1. The Morgan fingerprint density at radius 3 is 2.86 bits per heavy atom. The Morgan fingerprint density at radius 2 is 2.14 bits per heavy atom. The van der Waals surface area contributed by atoms with Crippen LogP contribution in [0.25, 0.3) is 12.2 Å². The first-order chi connectivity index (χ1) is 13.1. The summed E-state index contributed by atoms with van der Waals surface area (Å²) in [7, 11) is 3.72. The molecule has 0 radical (unpaired) electrons. The molecule has 154 valence electrons. The van der Waals surface area contributed by atoms with Gasteiger partial charge in [0.15, 0.2) is 17.3 Å². The van der Waals surface area contributed by atoms with E-state index < -0.39 is 0 Å². The molecule has 1 atom stereocenters. The third-order valence-electron chi connectivity index (χ3n) is 4.44. The number of likely N-dealkylation sites (N-methyl/N-ethyl adjacent to an activating group) is 1. The predicted molar refractivity (Wildman–Crippen MR) is 112 cm³/mol. The molecule has 1 aliphatic rings. The fourth-order valence-electron chi connectivity index (χ4n) is 2.88. The highest BCUT2D eigenvalue weighted by atomic mass is 35.5. The maximum atomic E-state index is 5.79. The van der Waals surface area contributed by atoms with Crippen LogP contribution in [0.5, 0.6) is 11.5 Å². The summed E-state index contributed by atoms with van der Waals surface area (Å²) < 4.78 is 16.6. The van der Waals surface area contributed by atoms with Crippen molar-refractivity contribution in [1.29, 1.82) is 0 Å². The Morgan fingerprint density at radius 1 is 1.32 bits per heavy atom. The van der Waals surface area contributed by atoms with Gasteiger partial charge < -0.3 is 19.3 Å². The Bertz CT molecular complexity index is 779. The number of hydrogen-bond donors (Lipinski definition) is 1. The van der Waals surface area contributed by atoms with E-state index >= 15 is 0 Å². The fourth-order valence-corrected chi connectivity index (χ4v) is 2.88. The smallest absolute Gasteiger partial charge is 0.250 e. The lowest BCUT2D eigenvalue weighted by molar-refractivity contribution is 0.190. The maximum Gasteiger partial charge on any atom is 0.250 e. The zero-order valence-electron chi connectivity index (χ0n) is 16.8. The van der Waals surface area contributed by atoms with E-state index in [0.717, 1.165) is 30.9 Å². The van der Waals surface area contributed by atoms with Gasteiger partial charge in [-0.05, 0) is 36.7 Å². The van der Waals surface area contributed by atoms with Gasteiger partial charge in [-0.3, -0.25) is 4.90 Å². The van der Waals surface area contributed by atoms with E-state index in [1.54, 1.807) is 7.11 Å². The van der Waals surface area contributed by atoms with Crippen LogP contribution in [0.3, 0.4) is 0 Å². The average molecular weight is 409 g/mol. The molecule has 0 spiro atoms. The van der Waals surface area contributed by atoms with Gasteiger partial charge in [0, 0.05) is 25.7 Å². The van der Waals surface area contributed by atoms with Gasteiger partial charge in [0.2, 0.25) is 0 Å². The molecule has 0 amide bonds. The van der Waals surface area contributed by atoms with Gasteiger partial charge in [-0.1, -0.05) is 25.1 Å². The molecule has 1 N–H and O–H groups in total. The SMILES string of the molecule is COc1cc(/C=C/c2nc(C3CNCCN3C)no2)ccc1OCC(C)C.Cl. The number of aromatic nitrogens is 2. The number of methoxy groups -OCH3 is 1. The van der Waals surface area contributed by atoms with E-state index in [4.69, 9.17) is 14.0 Å². The third-order valence-corrected chi connectivity index (χ3v) is 4.44. The molecule has 0 bridgehead atoms. The monoisotopic (exact) mass is 408 g/mol. The fraction of sp³-hybridized carbons (Fsp3) is 0.500. The van der Waals surface area contributed by atoms with Crippen LogP contribution in [-0.4, -0.2) is 55.4 Å². The minimum Gasteiger partial charge on any atom is -0.493 e. The number of rotatable bonds is 7. The van der Waals surface area contributed by atoms with Crippen molar-refractivity contribution in [2.24, 2.45) is 5.92 Å². The highest BCUT2D eigenvalue weighted by Gasteiger charge is 2.24. The van der Waals surface area contributed by atoms with Gasteiger partial charge >= 0.3 is 0 Å². The first-order valence-electron chi connectivity index (χ1n) is 9.30. The van der Waals surface area contributed by atoms with Gasteiger partial charge in [0.1, 0.15) is 0 Å². The van der Waals surface area contributed by atoms with Crippen molar-refractivity contribution in [3.05, 3.63) is 35.5 Å². The molecule has 8 heteroatoms. The van der Waals surface area contributed by atoms with Crippen LogP contribution in [0, 0.1) is 5.92 Å². The van der Waals surface area contributed by atoms with Crippen molar-refractivity contribution >= 4 is 24.6 Å². The molecular formula is C20H29ClN4O3. The van der Waals surface area contributed by atoms with Crippen LogP contribution in [-0.2, 0) is 0 Å². The number of ether oxygens (including phenoxy) is 2. The Hall–Kier alpha value is -2.09. The van der Waals surface area contributed by atoms with Gasteiger partial charge in [-0.2, -0.15) is 4.98 Å². The zero-order chi connectivity index (χ0) is 19.2. The molecule has 0 saturated carbocycles. The first-order valence-corrected chi connectivity index (χ1v) is 9.30. The number of benzene rings is 1. The average Bonchev–Trinajstić information content (AvgIpc) is 3.14. The minimum atomic E-state index is 0. The molecule has 2 heterocycles. The lowest BCUT2D eigenvalue weighted by Crippen LogP contribution is -2.44. The molecule has 28 heavy (non-hydrogen) atoms. The van der Waals surface area contributed by atoms with E-state index in [9.17, 15) is 0 Å². The van der Waals surface area contributed by atoms with E-state index in [1.807, 2.05) is 30.4 Å². The molecule has 1 fully saturated rings. The normalized spacial score (nSPS) is 17.7. The standard InChI is InChI=1S/C20H28N4O3.ClH/c1-14(2)13-26-17-7-5-15(11-18(17)25-4)6-8-19-22-20(23-27-19)16-12-21-9-10-24(16)3;/h5-8,11,14,16,21H,9-10,12-13H2,1-4H3;1H/b8-6+;. The summed E-state index contributed by atoms with van der Waals surface area (Å²) in [4.78, 5) is 6.74. The lowest BCUT2D eigenvalue weighted by atomic mass is 10.2. The number of piperazine rings is 1. The molecule has 2 aromatic rings. The van der Waals surface area contributed by atoms with E-state index in [0.29, 0.717) is 30.0 Å². The second kappa shape index (κ2) is 10.5. The van der Waals surface area contributed by atoms with Crippen molar-refractivity contribution in [2.75, 3.05) is 40.4 Å². The second-order valence-electron chi connectivity index (χ2n) is 7.14. The quantitative estimate of drug-likeness (QED) is 0.753. The van der Waals surface area contributed by atoms with E-state index in [2.05, 4.69) is 41.3 Å². The molecular weight excluding hydrogens is 380 g/mol. The van der Waals surface area contributed by atoms with Gasteiger partial charge in [0.25, 0.3) is 5.89 Å². The van der Waals surface area contributed by atoms with Crippen LogP contribution in [0.4, 0.5) is 0 Å². The minimum absolute atomic E-state index is 0. The van der Waals surface area contributed by atoms with Crippen LogP contribution in [0.2, 0.25) is 0 Å². The first kappa shape index (κ1) is 22.2. The molecule has 1 aliphatic heterocycles. The van der Waals surface area contributed by atoms with Crippen molar-refractivity contribution in [3.8, 4) is 11.5 Å². The van der Waals surface area contributed by atoms with Crippen LogP contribution >= 0.6 is 12.4 Å². The van der Waals surface area contributed by atoms with E-state index in [-0.39, 0.29) is 18.4 Å². The maximum absolute atomic E-state index is 5.79. The van der Waals surface area contributed by atoms with Crippen molar-refractivity contribution < 1.29 is 14.0 Å². The topological polar surface area (TPSA) is 72.7 Å². The summed E-state index contributed by atoms with van der Waals surface area (Å²) in [6.45, 7) is 7.66. The highest BCUT2D eigenvalue weighted by molar-refractivity contribution is 5.85. The van der Waals surface area contributed by atoms with Crippen molar-refractivity contribution in [2.45, 2.75) is 19.9 Å². The van der Waals surface area contributed by atoms with Gasteiger partial charge in [-0.15, -0.1) is 12.4 Å². The summed E-state index contributed by atoms with van der Waals surface area (Å²) in [5.41, 5.74) is 0.972. The summed E-state index contributed by atoms with van der Waals surface area (Å²) >= 11 is 0. The van der Waals surface area contributed by atoms with Crippen LogP contribution in [0.15, 0.2) is 22.7 Å². The summed E-state index contributed by atoms with van der Waals surface area (Å²) in [6.07, 6.45) is 3.74. The molecule has 0 aliphatic carbocycles. The largest absolute Gasteiger partial charge is 0.493 e. The predicted octanol–water partition coefficient (Wildman–Crippen LogP) is 3.28. The molecule has 1 unspecified atom stereocenters. The molecule has 3 rings (SSSR count). The number of hydrogen-bond acceptors (Lipinski definition) is 7. The number of halogens is 1. The molecule has 7 nitrogen and oxygen atoms in total. The second-order valence-corrected chi connectivity index (χ2v) is 7.14. The van der Waals surface area contributed by atoms with Crippen molar-refractivity contribution in [3.63, 3.8) is 0 Å².